The van der Waals surface area contributed by atoms with Gasteiger partial charge in [-0.15, -0.1) is 0 Å². The smallest absolute Gasteiger partial charge is 0.221 e. The predicted octanol–water partition coefficient (Wildman–Crippen LogP) is 0.606. The number of halogens is 1. The Kier molecular flexibility index (Phi) is 5.10. The van der Waals surface area contributed by atoms with Crippen LogP contribution in [0.4, 0.5) is 4.39 Å². The summed E-state index contributed by atoms with van der Waals surface area (Å²) in [5.41, 5.74) is 0.566. The van der Waals surface area contributed by atoms with Gasteiger partial charge in [0, 0.05) is 40.2 Å². The van der Waals surface area contributed by atoms with Crippen LogP contribution in [0.2, 0.25) is 0 Å². The molecule has 0 radical (unpaired) electrons. The number of carbonyl (C=O) groups excluding carboxylic acids is 1. The molecule has 0 bridgehead atoms. The van der Waals surface area contributed by atoms with Gasteiger partial charge in [0.1, 0.15) is 11.1 Å². The normalized spacial score (nSPS) is 26.1. The van der Waals surface area contributed by atoms with Crippen molar-refractivity contribution in [2.24, 2.45) is 0 Å². The molecule has 2 fully saturated rings. The van der Waals surface area contributed by atoms with Crippen LogP contribution in [0.25, 0.3) is 0 Å². The molecule has 0 N–H and O–H groups in total. The quantitative estimate of drug-likeness (QED) is 0.779. The monoisotopic (exact) mass is 371 g/mol. The number of amides is 1. The molecule has 9 heteroatoms. The van der Waals surface area contributed by atoms with Crippen molar-refractivity contribution in [2.45, 2.75) is 18.2 Å². The topological polar surface area (TPSA) is 70.2 Å². The highest BCUT2D eigenvalue weighted by molar-refractivity contribution is 7.89. The average molecular weight is 371 g/mol. The van der Waals surface area contributed by atoms with E-state index in [2.05, 4.69) is 0 Å². The van der Waals surface area contributed by atoms with E-state index in [1.54, 1.807) is 24.1 Å². The lowest BCUT2D eigenvalue weighted by Gasteiger charge is -2.35. The fourth-order valence-electron chi connectivity index (χ4n) is 3.41. The second-order valence-electron chi connectivity index (χ2n) is 6.33. The number of piperazine rings is 1. The van der Waals surface area contributed by atoms with Crippen LogP contribution in [0, 0.1) is 5.82 Å². The van der Waals surface area contributed by atoms with E-state index >= 15 is 0 Å². The number of hydrogen-bond donors (Lipinski definition) is 0. The van der Waals surface area contributed by atoms with Gasteiger partial charge >= 0.3 is 0 Å². The highest BCUT2D eigenvalue weighted by Crippen LogP contribution is 2.35. The Bertz CT molecular complexity index is 750. The van der Waals surface area contributed by atoms with Gasteiger partial charge in [0.05, 0.1) is 12.6 Å². The number of hydrogen-bond acceptors (Lipinski definition) is 5. The van der Waals surface area contributed by atoms with E-state index < -0.39 is 27.1 Å². The summed E-state index contributed by atoms with van der Waals surface area (Å²) in [5, 5.41) is 0.659. The summed E-state index contributed by atoms with van der Waals surface area (Å²) in [6.07, 6.45) is 0. The summed E-state index contributed by atoms with van der Waals surface area (Å²) in [5.74, 6) is -0.470. The Labute approximate surface area is 147 Å². The Balaban J connectivity index is 1.82. The van der Waals surface area contributed by atoms with Gasteiger partial charge in [0.25, 0.3) is 0 Å². The van der Waals surface area contributed by atoms with E-state index in [-0.39, 0.29) is 25.6 Å². The highest BCUT2D eigenvalue weighted by atomic mass is 32.2. The minimum absolute atomic E-state index is 0.0208. The van der Waals surface area contributed by atoms with Crippen LogP contribution in [0.1, 0.15) is 18.5 Å². The molecule has 0 aliphatic carbocycles. The van der Waals surface area contributed by atoms with Crippen LogP contribution >= 0.6 is 0 Å². The molecule has 2 atom stereocenters. The maximum Gasteiger partial charge on any atom is 0.221 e. The molecule has 7 nitrogen and oxygen atoms in total. The molecular formula is C16H22FN3O4S. The number of hydroxylamine groups is 2. The highest BCUT2D eigenvalue weighted by Gasteiger charge is 2.46. The Hall–Kier alpha value is -1.55. The first-order chi connectivity index (χ1) is 11.8. The third-order valence-corrected chi connectivity index (χ3v) is 7.05. The lowest BCUT2D eigenvalue weighted by atomic mass is 10.0. The zero-order chi connectivity index (χ0) is 18.2. The van der Waals surface area contributed by atoms with Gasteiger partial charge in [-0.1, -0.05) is 12.1 Å². The molecule has 2 saturated heterocycles. The van der Waals surface area contributed by atoms with Crippen LogP contribution in [0.5, 0.6) is 0 Å². The van der Waals surface area contributed by atoms with Crippen molar-refractivity contribution in [1.82, 2.24) is 14.3 Å². The van der Waals surface area contributed by atoms with Crippen LogP contribution < -0.4 is 0 Å². The van der Waals surface area contributed by atoms with Gasteiger partial charge in [-0.3, -0.25) is 9.63 Å². The standard InChI is InChI=1S/C16H22FN3O4S/c1-12(21)19-6-8-20(9-7-19)25(22,23)15-11-24-18(2)16(15)13-4-3-5-14(17)10-13/h3-5,10,15-16H,6-9,11H2,1-2H3/t15-,16-/m0/s1. The van der Waals surface area contributed by atoms with Crippen molar-refractivity contribution in [3.8, 4) is 0 Å². The summed E-state index contributed by atoms with van der Waals surface area (Å²) in [6, 6.07) is 5.35. The van der Waals surface area contributed by atoms with E-state index in [4.69, 9.17) is 4.84 Å². The van der Waals surface area contributed by atoms with Crippen LogP contribution in [-0.4, -0.2) is 73.7 Å². The fraction of sp³-hybridized carbons (Fsp3) is 0.562. The molecule has 1 amide bonds. The summed E-state index contributed by atoms with van der Waals surface area (Å²) < 4.78 is 41.2. The number of rotatable bonds is 3. The lowest BCUT2D eigenvalue weighted by molar-refractivity contribution is -0.129. The lowest BCUT2D eigenvalue weighted by Crippen LogP contribution is -2.53. The van der Waals surface area contributed by atoms with E-state index in [1.807, 2.05) is 0 Å². The molecular weight excluding hydrogens is 349 g/mol. The van der Waals surface area contributed by atoms with Crippen LogP contribution in [-0.2, 0) is 19.7 Å². The molecule has 2 aliphatic heterocycles. The van der Waals surface area contributed by atoms with Gasteiger partial charge in [0.2, 0.25) is 15.9 Å². The molecule has 2 aliphatic rings. The van der Waals surface area contributed by atoms with Crippen molar-refractivity contribution in [3.05, 3.63) is 35.6 Å². The fourth-order valence-corrected chi connectivity index (χ4v) is 5.35. The van der Waals surface area contributed by atoms with Gasteiger partial charge in [0.15, 0.2) is 0 Å². The summed E-state index contributed by atoms with van der Waals surface area (Å²) in [6.45, 7) is 2.78. The minimum Gasteiger partial charge on any atom is -0.340 e. The second-order valence-corrected chi connectivity index (χ2v) is 8.48. The molecule has 0 unspecified atom stereocenters. The maximum atomic E-state index is 13.6. The number of sulfonamides is 1. The minimum atomic E-state index is -3.65. The van der Waals surface area contributed by atoms with Crippen molar-refractivity contribution in [1.29, 1.82) is 0 Å². The Morgan fingerprint density at radius 2 is 1.92 bits per heavy atom. The first-order valence-corrected chi connectivity index (χ1v) is 9.66. The summed E-state index contributed by atoms with van der Waals surface area (Å²) in [7, 11) is -2.00. The maximum absolute atomic E-state index is 13.6. The van der Waals surface area contributed by atoms with E-state index in [0.29, 0.717) is 18.7 Å². The third-order valence-electron chi connectivity index (χ3n) is 4.80. The number of benzene rings is 1. The van der Waals surface area contributed by atoms with Crippen LogP contribution in [0.15, 0.2) is 24.3 Å². The van der Waals surface area contributed by atoms with E-state index in [0.717, 1.165) is 0 Å². The van der Waals surface area contributed by atoms with Gasteiger partial charge in [-0.25, -0.2) is 12.8 Å². The average Bonchev–Trinajstić information content (AvgIpc) is 2.97. The SMILES string of the molecule is CC(=O)N1CCN(S(=O)(=O)[C@H]2CON(C)[C@H]2c2cccc(F)c2)CC1. The molecule has 0 saturated carbocycles. The molecule has 2 heterocycles. The van der Waals surface area contributed by atoms with E-state index in [9.17, 15) is 17.6 Å². The van der Waals surface area contributed by atoms with Crippen molar-refractivity contribution in [2.75, 3.05) is 39.8 Å². The van der Waals surface area contributed by atoms with Crippen molar-refractivity contribution in [3.63, 3.8) is 0 Å². The first kappa shape index (κ1) is 18.2. The number of carbonyl (C=O) groups is 1. The molecule has 0 aromatic heterocycles. The predicted molar refractivity (Wildman–Crippen MR) is 89.4 cm³/mol. The summed E-state index contributed by atoms with van der Waals surface area (Å²) in [4.78, 5) is 18.5. The Morgan fingerprint density at radius 1 is 1.24 bits per heavy atom. The van der Waals surface area contributed by atoms with E-state index in [1.165, 1.54) is 28.4 Å². The van der Waals surface area contributed by atoms with Gasteiger partial charge in [-0.2, -0.15) is 9.37 Å². The largest absolute Gasteiger partial charge is 0.340 e. The van der Waals surface area contributed by atoms with Gasteiger partial charge in [-0.05, 0) is 17.7 Å². The zero-order valence-corrected chi connectivity index (χ0v) is 15.1. The zero-order valence-electron chi connectivity index (χ0n) is 14.3. The second kappa shape index (κ2) is 6.99. The third kappa shape index (κ3) is 3.55. The molecule has 1 aromatic carbocycles. The molecule has 25 heavy (non-hydrogen) atoms. The number of nitrogens with zero attached hydrogens (tertiary/aromatic N) is 3. The summed E-state index contributed by atoms with van der Waals surface area (Å²) >= 11 is 0. The Morgan fingerprint density at radius 3 is 2.52 bits per heavy atom. The molecule has 138 valence electrons. The van der Waals surface area contributed by atoms with Crippen molar-refractivity contribution >= 4 is 15.9 Å². The molecule has 0 spiro atoms. The van der Waals surface area contributed by atoms with Crippen molar-refractivity contribution < 1.29 is 22.4 Å². The molecule has 3 rings (SSSR count). The van der Waals surface area contributed by atoms with Crippen LogP contribution in [0.3, 0.4) is 0 Å². The molecule has 1 aromatic rings. The first-order valence-electron chi connectivity index (χ1n) is 8.16. The van der Waals surface area contributed by atoms with Gasteiger partial charge < -0.3 is 4.90 Å².